The van der Waals surface area contributed by atoms with E-state index in [9.17, 15) is 39.6 Å². The Morgan fingerprint density at radius 2 is 0.346 bits per heavy atom. The van der Waals surface area contributed by atoms with E-state index in [-0.39, 0.29) is 22.3 Å². The highest BCUT2D eigenvalue weighted by atomic mass is 16.4. The van der Waals surface area contributed by atoms with E-state index in [0.717, 1.165) is 211 Å². The van der Waals surface area contributed by atoms with Gasteiger partial charge in [-0.05, 0) is 287 Å². The number of para-hydroxylation sites is 10. The van der Waals surface area contributed by atoms with E-state index in [4.69, 9.17) is 31.4 Å². The average molecular weight is 1760 g/mol. The summed E-state index contributed by atoms with van der Waals surface area (Å²) in [7, 11) is 0. The minimum absolute atomic E-state index is 0.156. The van der Waals surface area contributed by atoms with Gasteiger partial charge in [-0.2, -0.15) is 0 Å². The monoisotopic (exact) mass is 1760 g/mol. The molecule has 4 heterocycles. The van der Waals surface area contributed by atoms with Gasteiger partial charge in [0, 0.05) is 22.3 Å². The van der Waals surface area contributed by atoms with Gasteiger partial charge in [0.1, 0.15) is 23.3 Å². The van der Waals surface area contributed by atoms with Crippen molar-refractivity contribution >= 4 is 144 Å². The Labute approximate surface area is 775 Å². The Hall–Kier alpha value is -18.9. The van der Waals surface area contributed by atoms with Gasteiger partial charge in [0.25, 0.3) is 0 Å². The fourth-order valence-corrected chi connectivity index (χ4v) is 19.2. The summed E-state index contributed by atoms with van der Waals surface area (Å²) < 4.78 is 0. The number of nitrogens with zero attached hydrogens (tertiary/aromatic N) is 4. The second-order valence-electron chi connectivity index (χ2n) is 33.9. The molecular formula is C118H76N10O8. The number of carboxylic acids is 4. The Morgan fingerprint density at radius 1 is 0.191 bits per heavy atom. The van der Waals surface area contributed by atoms with Gasteiger partial charge in [-0.3, -0.25) is 0 Å². The summed E-state index contributed by atoms with van der Waals surface area (Å²) in [6, 6.07) is 129. The van der Waals surface area contributed by atoms with Crippen LogP contribution in [0.2, 0.25) is 0 Å². The van der Waals surface area contributed by atoms with Gasteiger partial charge < -0.3 is 51.8 Å². The molecule has 0 amide bonds. The Balaban J connectivity index is 0.000000150. The first kappa shape index (κ1) is 81.5. The zero-order valence-corrected chi connectivity index (χ0v) is 72.3. The third-order valence-corrected chi connectivity index (χ3v) is 26.0. The summed E-state index contributed by atoms with van der Waals surface area (Å²) in [6.45, 7) is 0. The highest BCUT2D eigenvalue weighted by Gasteiger charge is 2.27. The van der Waals surface area contributed by atoms with E-state index < -0.39 is 23.9 Å². The lowest BCUT2D eigenvalue weighted by atomic mass is 9.81. The number of nitrogens with two attached hydrogens (primary N) is 2. The van der Waals surface area contributed by atoms with Crippen LogP contribution in [-0.2, 0) is 0 Å². The van der Waals surface area contributed by atoms with Crippen LogP contribution in [0, 0.1) is 0 Å². The number of carboxylic acid groups (broad SMARTS) is 4. The van der Waals surface area contributed by atoms with Gasteiger partial charge >= 0.3 is 23.9 Å². The molecular weight excluding hydrogens is 1690 g/mol. The number of fused-ring (bicyclic) bond motifs is 4. The maximum Gasteiger partial charge on any atom is 0.335 e. The van der Waals surface area contributed by atoms with Crippen molar-refractivity contribution in [1.29, 1.82) is 0 Å². The van der Waals surface area contributed by atoms with Crippen LogP contribution in [0.15, 0.2) is 388 Å². The number of aromatic nitrogens is 8. The molecule has 18 nitrogen and oxygen atoms in total. The first-order valence-corrected chi connectivity index (χ1v) is 44.2. The summed E-state index contributed by atoms with van der Waals surface area (Å²) in [5, 5.41) is 51.0. The molecule has 25 rings (SSSR count). The molecule has 4 aromatic heterocycles. The first-order valence-electron chi connectivity index (χ1n) is 44.2. The van der Waals surface area contributed by atoms with Crippen molar-refractivity contribution in [3.8, 4) is 135 Å². The predicted molar refractivity (Wildman–Crippen MR) is 547 cm³/mol. The molecule has 25 aromatic rings. The minimum Gasteiger partial charge on any atom is -0.478 e. The quantitative estimate of drug-likeness (QED) is 0.0318. The van der Waals surface area contributed by atoms with Crippen molar-refractivity contribution in [2.75, 3.05) is 11.5 Å². The molecule has 136 heavy (non-hydrogen) atoms. The van der Waals surface area contributed by atoms with E-state index >= 15 is 0 Å². The maximum absolute atomic E-state index is 11.7. The van der Waals surface area contributed by atoms with Gasteiger partial charge in [0.05, 0.1) is 77.8 Å². The van der Waals surface area contributed by atoms with Crippen molar-refractivity contribution in [2.24, 2.45) is 0 Å². The van der Waals surface area contributed by atoms with Crippen LogP contribution in [0.5, 0.6) is 0 Å². The first-order chi connectivity index (χ1) is 66.5. The molecule has 0 atom stereocenters. The van der Waals surface area contributed by atoms with E-state index in [1.165, 1.54) is 32.3 Å². The van der Waals surface area contributed by atoms with Gasteiger partial charge in [-0.15, -0.1) is 0 Å². The topological polar surface area (TPSA) is 316 Å². The number of nitrogens with one attached hydrogen (secondary N) is 4. The number of rotatable bonds is 16. The highest BCUT2D eigenvalue weighted by molar-refractivity contribution is 6.34. The smallest absolute Gasteiger partial charge is 0.335 e. The normalized spacial score (nSPS) is 11.5. The van der Waals surface area contributed by atoms with Crippen molar-refractivity contribution in [3.05, 3.63) is 411 Å². The van der Waals surface area contributed by atoms with Crippen LogP contribution < -0.4 is 11.5 Å². The molecule has 0 fully saturated rings. The Kier molecular flexibility index (Phi) is 19.9. The van der Waals surface area contributed by atoms with E-state index in [0.29, 0.717) is 11.4 Å². The van der Waals surface area contributed by atoms with Crippen LogP contribution in [0.1, 0.15) is 41.4 Å². The molecule has 0 aliphatic carbocycles. The third kappa shape index (κ3) is 14.6. The summed E-state index contributed by atoms with van der Waals surface area (Å²) in [4.78, 5) is 80.7. The lowest BCUT2D eigenvalue weighted by molar-refractivity contribution is 0.0686. The third-order valence-electron chi connectivity index (χ3n) is 26.0. The maximum atomic E-state index is 11.7. The summed E-state index contributed by atoms with van der Waals surface area (Å²) >= 11 is 0. The lowest BCUT2D eigenvalue weighted by Crippen LogP contribution is -1.98. The van der Waals surface area contributed by atoms with E-state index in [1.807, 2.05) is 121 Å². The average Bonchev–Trinajstić information content (AvgIpc) is 0.736. The number of carbonyl (C=O) groups is 4. The van der Waals surface area contributed by atoms with Crippen LogP contribution in [-0.4, -0.2) is 84.2 Å². The van der Waals surface area contributed by atoms with Crippen LogP contribution >= 0.6 is 0 Å². The molecule has 0 aliphatic rings. The molecule has 0 radical (unpaired) electrons. The fraction of sp³-hybridized carbons (Fsp3) is 0. The van der Waals surface area contributed by atoms with E-state index in [2.05, 4.69) is 178 Å². The molecule has 0 unspecified atom stereocenters. The second kappa shape index (κ2) is 33.2. The number of aromatic amines is 4. The van der Waals surface area contributed by atoms with Gasteiger partial charge in [-0.25, -0.2) is 39.1 Å². The predicted octanol–water partition coefficient (Wildman–Crippen LogP) is 28.3. The second-order valence-corrected chi connectivity index (χ2v) is 33.9. The molecule has 0 saturated heterocycles. The number of aromatic carboxylic acids is 4. The zero-order chi connectivity index (χ0) is 92.1. The molecule has 0 aliphatic heterocycles. The van der Waals surface area contributed by atoms with Crippen molar-refractivity contribution in [2.45, 2.75) is 0 Å². The van der Waals surface area contributed by atoms with Crippen LogP contribution in [0.4, 0.5) is 11.4 Å². The van der Waals surface area contributed by atoms with Crippen molar-refractivity contribution in [1.82, 2.24) is 39.9 Å². The zero-order valence-electron chi connectivity index (χ0n) is 72.3. The van der Waals surface area contributed by atoms with Crippen molar-refractivity contribution < 1.29 is 39.6 Å². The fourth-order valence-electron chi connectivity index (χ4n) is 19.2. The minimum atomic E-state index is -1.03. The number of H-pyrrole nitrogens is 4. The van der Waals surface area contributed by atoms with Crippen molar-refractivity contribution in [3.63, 3.8) is 0 Å². The van der Waals surface area contributed by atoms with Crippen LogP contribution in [0.3, 0.4) is 0 Å². The van der Waals surface area contributed by atoms with Gasteiger partial charge in [0.2, 0.25) is 0 Å². The molecule has 0 spiro atoms. The number of benzene rings is 21. The van der Waals surface area contributed by atoms with Gasteiger partial charge in [-0.1, -0.05) is 255 Å². The summed E-state index contributed by atoms with van der Waals surface area (Å²) in [5.41, 5.74) is 40.4. The number of nitrogen functional groups attached to an aromatic ring is 2. The number of anilines is 2. The van der Waals surface area contributed by atoms with E-state index in [1.54, 1.807) is 109 Å². The number of imidazole rings is 4. The standard InChI is InChI=1S/C68H42N8.C44H26O8.C6H8N2/c1-2-10-56-55(9-1)69-65(70-56)43-25-17-39(18-26-43)51-37-52(40-19-27-44(28-20-40)66-71-57-11-3-4-12-58(57)72-66)48-35-36-50-54(42-23-31-46(32-24-42)68-75-61-15-7-8-16-62(61)76-68)38-53(49-34-33-47(51)63(48)64(49)50)41-21-29-45(30-22-41)67-73-59-13-5-6-14-60(59)74-67;45-41(46)27-9-1-23(2-10-27)35-21-36(24-3-11-28(12-4-24)42(47)48)32-19-20-34-38(26-7-15-30(16-8-26)44(51)52)22-37(25-5-13-29(14-6-25)43(49)50)33-18-17-31(35)39(32)40(33)34;7-5-3-1-2-4-6(5)8/h1-38H,(H,69,70)(H,71,72)(H,73,74)(H,75,76);1-22H,(H,45,46)(H,47,48)(H,49,50)(H,51,52);1-4H,7-8H2. The SMILES string of the molecule is Nc1ccccc1N.O=C(O)c1ccc(-c2cc(-c3ccc(C(=O)O)cc3)c3ccc4c(-c5ccc(C(=O)O)cc5)cc(-c5ccc(C(=O)O)cc5)c5ccc2c3c54)cc1.c1ccc2[nH]c(-c3ccc(-c4cc(-c5ccc(-c6nc7ccccc7[nH]6)cc5)c5ccc6c(-c7ccc(-c8nc9ccccc9[nH]8)cc7)cc(-c7ccc(-c8nc9ccccc9[nH]8)cc7)c7ccc4c5c76)cc3)nc2c1. The number of hydrogen-bond acceptors (Lipinski definition) is 10. The highest BCUT2D eigenvalue weighted by Crippen LogP contribution is 2.52. The van der Waals surface area contributed by atoms with Gasteiger partial charge in [0.15, 0.2) is 0 Å². The summed E-state index contributed by atoms with van der Waals surface area (Å²) in [5.74, 6) is -0.727. The van der Waals surface area contributed by atoms with Crippen LogP contribution in [0.25, 0.3) is 243 Å². The number of hydrogen-bond donors (Lipinski definition) is 10. The Morgan fingerprint density at radius 3 is 0.507 bits per heavy atom. The Bertz CT molecular complexity index is 7940. The molecule has 12 N–H and O–H groups in total. The molecule has 646 valence electrons. The lowest BCUT2D eigenvalue weighted by Gasteiger charge is -2.22. The molecule has 0 bridgehead atoms. The molecule has 18 heteroatoms. The largest absolute Gasteiger partial charge is 0.478 e. The molecule has 21 aromatic carbocycles. The summed E-state index contributed by atoms with van der Waals surface area (Å²) in [6.07, 6.45) is 0. The molecule has 0 saturated carbocycles.